The first kappa shape index (κ1) is 25.0. The van der Waals surface area contributed by atoms with Crippen LogP contribution in [-0.2, 0) is 16.6 Å². The molecule has 1 aliphatic rings. The first-order valence-electron chi connectivity index (χ1n) is 11.0. The van der Waals surface area contributed by atoms with Gasteiger partial charge in [0.05, 0.1) is 28.8 Å². The van der Waals surface area contributed by atoms with Crippen LogP contribution in [0.5, 0.6) is 11.5 Å². The van der Waals surface area contributed by atoms with Crippen molar-refractivity contribution in [1.82, 2.24) is 0 Å². The average molecular weight is 517 g/mol. The van der Waals surface area contributed by atoms with Gasteiger partial charge in [-0.1, -0.05) is 29.8 Å². The summed E-state index contributed by atoms with van der Waals surface area (Å²) in [7, 11) is -2.50. The van der Waals surface area contributed by atoms with Crippen molar-refractivity contribution in [3.05, 3.63) is 87.7 Å². The molecule has 1 aliphatic heterocycles. The lowest BCUT2D eigenvalue weighted by molar-refractivity contribution is 0.300. The number of hydrogen-bond acceptors (Lipinski definition) is 5. The monoisotopic (exact) mass is 516 g/mol. The van der Waals surface area contributed by atoms with Crippen molar-refractivity contribution in [1.29, 1.82) is 0 Å². The Morgan fingerprint density at radius 3 is 2.60 bits per heavy atom. The van der Waals surface area contributed by atoms with Gasteiger partial charge in [0.1, 0.15) is 23.9 Å². The van der Waals surface area contributed by atoms with Crippen molar-refractivity contribution in [3.8, 4) is 11.5 Å². The van der Waals surface area contributed by atoms with Gasteiger partial charge < -0.3 is 15.2 Å². The maximum absolute atomic E-state index is 14.2. The summed E-state index contributed by atoms with van der Waals surface area (Å²) >= 11 is 6.11. The van der Waals surface area contributed by atoms with Crippen molar-refractivity contribution >= 4 is 33.4 Å². The molecule has 1 atom stereocenters. The maximum Gasteiger partial charge on any atom is 0.265 e. The van der Waals surface area contributed by atoms with Gasteiger partial charge in [-0.25, -0.2) is 12.8 Å². The number of ether oxygens (including phenoxy) is 2. The van der Waals surface area contributed by atoms with Crippen LogP contribution >= 0.6 is 11.6 Å². The third-order valence-electron chi connectivity index (χ3n) is 6.09. The molecule has 35 heavy (non-hydrogen) atoms. The van der Waals surface area contributed by atoms with Crippen LogP contribution in [-0.4, -0.2) is 28.1 Å². The fraction of sp³-hybridized carbons (Fsp3) is 0.231. The highest BCUT2D eigenvalue weighted by atomic mass is 35.5. The number of nitrogens with two attached hydrogens (primary N) is 1. The molecule has 3 aromatic carbocycles. The Balaban J connectivity index is 1.76. The first-order valence-corrected chi connectivity index (χ1v) is 12.8. The van der Waals surface area contributed by atoms with E-state index >= 15 is 0 Å². The van der Waals surface area contributed by atoms with Crippen molar-refractivity contribution in [2.24, 2.45) is 5.73 Å². The fourth-order valence-corrected chi connectivity index (χ4v) is 5.98. The Morgan fingerprint density at radius 1 is 1.14 bits per heavy atom. The minimum absolute atomic E-state index is 0.0977. The highest BCUT2D eigenvalue weighted by molar-refractivity contribution is 7.92. The second-order valence-electron chi connectivity index (χ2n) is 8.24. The number of rotatable bonds is 7. The van der Waals surface area contributed by atoms with Crippen LogP contribution in [0.15, 0.2) is 65.1 Å². The summed E-state index contributed by atoms with van der Waals surface area (Å²) in [6.07, 6.45) is 1.89. The number of sulfonamides is 1. The predicted octanol–water partition coefficient (Wildman–Crippen LogP) is 5.31. The minimum Gasteiger partial charge on any atom is -0.496 e. The van der Waals surface area contributed by atoms with Gasteiger partial charge in [-0.3, -0.25) is 4.31 Å². The van der Waals surface area contributed by atoms with Crippen LogP contribution in [0.25, 0.3) is 6.08 Å². The summed E-state index contributed by atoms with van der Waals surface area (Å²) in [6, 6.07) is 13.8. The highest BCUT2D eigenvalue weighted by Crippen LogP contribution is 2.39. The van der Waals surface area contributed by atoms with Crippen LogP contribution < -0.4 is 19.5 Å². The molecule has 0 saturated carbocycles. The summed E-state index contributed by atoms with van der Waals surface area (Å²) < 4.78 is 54.4. The molecule has 4 rings (SSSR count). The minimum atomic E-state index is -3.99. The Labute approximate surface area is 209 Å². The van der Waals surface area contributed by atoms with Gasteiger partial charge in [0.2, 0.25) is 0 Å². The molecule has 1 heterocycles. The normalized spacial score (nSPS) is 15.4. The van der Waals surface area contributed by atoms with E-state index in [-0.39, 0.29) is 28.6 Å². The molecule has 0 fully saturated rings. The number of anilines is 1. The van der Waals surface area contributed by atoms with E-state index in [0.717, 1.165) is 11.1 Å². The van der Waals surface area contributed by atoms with E-state index in [1.54, 1.807) is 43.3 Å². The summed E-state index contributed by atoms with van der Waals surface area (Å²) in [5.74, 6) is 0.378. The Hall–Kier alpha value is -3.07. The largest absolute Gasteiger partial charge is 0.496 e. The number of aryl methyl sites for hydroxylation is 1. The second-order valence-corrected chi connectivity index (χ2v) is 10.5. The smallest absolute Gasteiger partial charge is 0.265 e. The molecule has 0 saturated heterocycles. The number of benzene rings is 3. The molecule has 3 aromatic rings. The summed E-state index contributed by atoms with van der Waals surface area (Å²) in [5.41, 5.74) is 8.88. The van der Waals surface area contributed by atoms with E-state index in [2.05, 4.69) is 0 Å². The highest BCUT2D eigenvalue weighted by Gasteiger charge is 2.35. The van der Waals surface area contributed by atoms with E-state index in [1.165, 1.54) is 29.6 Å². The lowest BCUT2D eigenvalue weighted by Crippen LogP contribution is -2.43. The molecule has 0 bridgehead atoms. The number of methoxy groups -OCH3 is 1. The third kappa shape index (κ3) is 4.74. The molecule has 184 valence electrons. The summed E-state index contributed by atoms with van der Waals surface area (Å²) in [6.45, 7) is 3.73. The fourth-order valence-electron chi connectivity index (χ4n) is 4.07. The SMILES string of the molecule is COc1cc(S(=O)(=O)N2c3cc(OCc4c(F)cccc4Cl)ccc3C=C(CN)C2C)ccc1C. The Morgan fingerprint density at radius 2 is 1.91 bits per heavy atom. The molecule has 0 aromatic heterocycles. The predicted molar refractivity (Wildman–Crippen MR) is 136 cm³/mol. The van der Waals surface area contributed by atoms with E-state index in [0.29, 0.717) is 22.7 Å². The molecule has 0 aliphatic carbocycles. The second kappa shape index (κ2) is 9.89. The first-order chi connectivity index (χ1) is 16.7. The molecule has 1 unspecified atom stereocenters. The molecular formula is C26H26ClFN2O4S. The summed E-state index contributed by atoms with van der Waals surface area (Å²) in [5, 5.41) is 0.254. The van der Waals surface area contributed by atoms with E-state index in [9.17, 15) is 12.8 Å². The number of halogens is 2. The molecule has 6 nitrogen and oxygen atoms in total. The van der Waals surface area contributed by atoms with Crippen molar-refractivity contribution in [2.45, 2.75) is 31.4 Å². The number of fused-ring (bicyclic) bond motifs is 1. The topological polar surface area (TPSA) is 81.9 Å². The zero-order valence-electron chi connectivity index (χ0n) is 19.6. The van der Waals surface area contributed by atoms with Crippen LogP contribution in [0.2, 0.25) is 5.02 Å². The van der Waals surface area contributed by atoms with Gasteiger partial charge in [0, 0.05) is 24.2 Å². The average Bonchev–Trinajstić information content (AvgIpc) is 2.83. The molecule has 0 radical (unpaired) electrons. The maximum atomic E-state index is 14.2. The third-order valence-corrected chi connectivity index (χ3v) is 8.32. The van der Waals surface area contributed by atoms with Gasteiger partial charge in [0.15, 0.2) is 0 Å². The zero-order chi connectivity index (χ0) is 25.3. The van der Waals surface area contributed by atoms with Crippen LogP contribution in [0, 0.1) is 12.7 Å². The van der Waals surface area contributed by atoms with E-state index in [1.807, 2.05) is 13.0 Å². The molecule has 0 amide bonds. The van der Waals surface area contributed by atoms with Gasteiger partial charge in [-0.15, -0.1) is 0 Å². The standard InChI is InChI=1S/C26H26ClFN2O4S/c1-16-7-10-21(13-26(16)33-3)35(31,32)30-17(2)19(14-29)11-18-8-9-20(12-25(18)30)34-15-22-23(27)5-4-6-24(22)28/h4-13,17H,14-15,29H2,1-3H3. The van der Waals surface area contributed by atoms with Crippen molar-refractivity contribution in [3.63, 3.8) is 0 Å². The van der Waals surface area contributed by atoms with E-state index in [4.69, 9.17) is 26.8 Å². The lowest BCUT2D eigenvalue weighted by atomic mass is 9.98. The van der Waals surface area contributed by atoms with Crippen molar-refractivity contribution < 1.29 is 22.3 Å². The van der Waals surface area contributed by atoms with Crippen LogP contribution in [0.4, 0.5) is 10.1 Å². The molecule has 0 spiro atoms. The molecule has 9 heteroatoms. The Bertz CT molecular complexity index is 1390. The van der Waals surface area contributed by atoms with Gasteiger partial charge in [-0.05, 0) is 60.9 Å². The van der Waals surface area contributed by atoms with Gasteiger partial charge >= 0.3 is 0 Å². The van der Waals surface area contributed by atoms with Crippen LogP contribution in [0.1, 0.15) is 23.6 Å². The van der Waals surface area contributed by atoms with Crippen LogP contribution in [0.3, 0.4) is 0 Å². The quantitative estimate of drug-likeness (QED) is 0.460. The zero-order valence-corrected chi connectivity index (χ0v) is 21.2. The number of hydrogen-bond donors (Lipinski definition) is 1. The Kier molecular flexibility index (Phi) is 7.07. The van der Waals surface area contributed by atoms with Crippen molar-refractivity contribution in [2.75, 3.05) is 18.0 Å². The van der Waals surface area contributed by atoms with Gasteiger partial charge in [0.25, 0.3) is 10.0 Å². The lowest BCUT2D eigenvalue weighted by Gasteiger charge is -2.36. The summed E-state index contributed by atoms with van der Waals surface area (Å²) in [4.78, 5) is 0.0977. The molecular weight excluding hydrogens is 491 g/mol. The molecule has 2 N–H and O–H groups in total. The number of nitrogens with zero attached hydrogens (tertiary/aromatic N) is 1. The van der Waals surface area contributed by atoms with Gasteiger partial charge in [-0.2, -0.15) is 0 Å². The van der Waals surface area contributed by atoms with E-state index < -0.39 is 21.9 Å².